The molecule has 1 aliphatic carbocycles. The van der Waals surface area contributed by atoms with Gasteiger partial charge in [0, 0.05) is 6.54 Å². The Kier molecular flexibility index (Phi) is 4.35. The molecule has 0 saturated heterocycles. The van der Waals surface area contributed by atoms with E-state index in [1.54, 1.807) is 26.0 Å². The molecule has 1 amide bonds. The maximum Gasteiger partial charge on any atom is 0.387 e. The van der Waals surface area contributed by atoms with Crippen molar-refractivity contribution in [3.05, 3.63) is 29.8 Å². The molecule has 22 heavy (non-hydrogen) atoms. The summed E-state index contributed by atoms with van der Waals surface area (Å²) < 4.78 is 28.3. The Balaban J connectivity index is 1.88. The number of nitrogens with one attached hydrogen (secondary N) is 1. The lowest BCUT2D eigenvalue weighted by molar-refractivity contribution is -0.140. The third kappa shape index (κ3) is 3.35. The van der Waals surface area contributed by atoms with Gasteiger partial charge in [-0.25, -0.2) is 0 Å². The minimum absolute atomic E-state index is 0.0411. The summed E-state index contributed by atoms with van der Waals surface area (Å²) in [6.45, 7) is 0.807. The van der Waals surface area contributed by atoms with Crippen molar-refractivity contribution in [1.29, 1.82) is 0 Å². The first kappa shape index (κ1) is 16.2. The maximum atomic E-state index is 12.0. The third-order valence-electron chi connectivity index (χ3n) is 3.99. The van der Waals surface area contributed by atoms with Crippen LogP contribution in [0, 0.1) is 17.3 Å². The highest BCUT2D eigenvalue weighted by Gasteiger charge is 2.65. The zero-order chi connectivity index (χ0) is 16.5. The van der Waals surface area contributed by atoms with Crippen molar-refractivity contribution in [3.63, 3.8) is 0 Å². The quantitative estimate of drug-likeness (QED) is 0.844. The number of carboxylic acids is 1. The lowest BCUT2D eigenvalue weighted by Gasteiger charge is -2.08. The first-order chi connectivity index (χ1) is 10.2. The van der Waals surface area contributed by atoms with Crippen LogP contribution < -0.4 is 10.1 Å². The molecule has 0 spiro atoms. The highest BCUT2D eigenvalue weighted by Crippen LogP contribution is 2.58. The number of rotatable bonds is 6. The van der Waals surface area contributed by atoms with Crippen molar-refractivity contribution in [2.24, 2.45) is 17.3 Å². The second kappa shape index (κ2) is 5.90. The molecule has 0 bridgehead atoms. The van der Waals surface area contributed by atoms with Gasteiger partial charge in [0.1, 0.15) is 5.75 Å². The van der Waals surface area contributed by atoms with Crippen molar-refractivity contribution >= 4 is 11.9 Å². The summed E-state index contributed by atoms with van der Waals surface area (Å²) in [6, 6.07) is 5.89. The number of carboxylic acid groups (broad SMARTS) is 1. The Bertz CT molecular complexity index is 571. The number of hydrogen-bond acceptors (Lipinski definition) is 3. The Morgan fingerprint density at radius 1 is 1.27 bits per heavy atom. The molecule has 7 heteroatoms. The van der Waals surface area contributed by atoms with Crippen molar-refractivity contribution in [2.75, 3.05) is 0 Å². The SMILES string of the molecule is CC1(C)[C@H](C(=O)O)[C@@H]1C(=O)NCc1ccc(OC(F)F)cc1. The molecule has 1 aromatic rings. The Morgan fingerprint density at radius 2 is 1.86 bits per heavy atom. The van der Waals surface area contributed by atoms with Crippen molar-refractivity contribution in [3.8, 4) is 5.75 Å². The monoisotopic (exact) mass is 313 g/mol. The maximum absolute atomic E-state index is 12.0. The van der Waals surface area contributed by atoms with Gasteiger partial charge >= 0.3 is 12.6 Å². The van der Waals surface area contributed by atoms with Gasteiger partial charge in [-0.15, -0.1) is 0 Å². The summed E-state index contributed by atoms with van der Waals surface area (Å²) in [4.78, 5) is 23.1. The van der Waals surface area contributed by atoms with Crippen LogP contribution >= 0.6 is 0 Å². The second-order valence-electron chi connectivity index (χ2n) is 5.86. The molecule has 0 heterocycles. The van der Waals surface area contributed by atoms with E-state index in [9.17, 15) is 18.4 Å². The molecule has 1 fully saturated rings. The fraction of sp³-hybridized carbons (Fsp3) is 0.467. The minimum atomic E-state index is -2.88. The Morgan fingerprint density at radius 3 is 2.32 bits per heavy atom. The lowest BCUT2D eigenvalue weighted by Crippen LogP contribution is -2.26. The predicted molar refractivity (Wildman–Crippen MR) is 73.3 cm³/mol. The standard InChI is InChI=1S/C15H17F2NO4/c1-15(2)10(11(15)13(20)21)12(19)18-7-8-3-5-9(6-4-8)22-14(16)17/h3-6,10-11,14H,7H2,1-2H3,(H,18,19)(H,20,21)/t10-,11+/m1/s1. The van der Waals surface area contributed by atoms with Crippen LogP contribution in [0.4, 0.5) is 8.78 Å². The number of benzene rings is 1. The van der Waals surface area contributed by atoms with E-state index in [0.717, 1.165) is 0 Å². The summed E-state index contributed by atoms with van der Waals surface area (Å²) in [5.41, 5.74) is 0.158. The predicted octanol–water partition coefficient (Wildman–Crippen LogP) is 2.26. The zero-order valence-corrected chi connectivity index (χ0v) is 12.2. The van der Waals surface area contributed by atoms with Gasteiger partial charge in [-0.05, 0) is 23.1 Å². The van der Waals surface area contributed by atoms with Gasteiger partial charge in [-0.2, -0.15) is 8.78 Å². The molecule has 2 N–H and O–H groups in total. The summed E-state index contributed by atoms with van der Waals surface area (Å²) >= 11 is 0. The number of hydrogen-bond donors (Lipinski definition) is 2. The summed E-state index contributed by atoms with van der Waals surface area (Å²) in [7, 11) is 0. The van der Waals surface area contributed by atoms with Crippen LogP contribution in [0.15, 0.2) is 24.3 Å². The van der Waals surface area contributed by atoms with Gasteiger partial charge in [-0.3, -0.25) is 9.59 Å². The molecule has 1 saturated carbocycles. The van der Waals surface area contributed by atoms with Crippen molar-refractivity contribution in [1.82, 2.24) is 5.32 Å². The van der Waals surface area contributed by atoms with Crippen molar-refractivity contribution in [2.45, 2.75) is 27.0 Å². The number of carbonyl (C=O) groups is 2. The molecule has 0 unspecified atom stereocenters. The summed E-state index contributed by atoms with van der Waals surface area (Å²) in [5, 5.41) is 11.7. The Hall–Kier alpha value is -2.18. The van der Waals surface area contributed by atoms with Crippen LogP contribution in [0.25, 0.3) is 0 Å². The highest BCUT2D eigenvalue weighted by atomic mass is 19.3. The van der Waals surface area contributed by atoms with Gasteiger partial charge in [0.05, 0.1) is 11.8 Å². The first-order valence-corrected chi connectivity index (χ1v) is 6.77. The van der Waals surface area contributed by atoms with E-state index in [1.807, 2.05) is 0 Å². The fourth-order valence-electron chi connectivity index (χ4n) is 2.68. The van der Waals surface area contributed by atoms with Gasteiger partial charge in [-0.1, -0.05) is 26.0 Å². The largest absolute Gasteiger partial charge is 0.481 e. The van der Waals surface area contributed by atoms with E-state index >= 15 is 0 Å². The number of halogens is 2. The van der Waals surface area contributed by atoms with Crippen LogP contribution in [-0.2, 0) is 16.1 Å². The van der Waals surface area contributed by atoms with Crippen LogP contribution in [0.2, 0.25) is 0 Å². The van der Waals surface area contributed by atoms with Crippen LogP contribution in [0.5, 0.6) is 5.75 Å². The molecule has 0 aliphatic heterocycles. The molecule has 2 rings (SSSR count). The average molecular weight is 313 g/mol. The van der Waals surface area contributed by atoms with E-state index in [4.69, 9.17) is 5.11 Å². The normalized spacial score (nSPS) is 22.2. The minimum Gasteiger partial charge on any atom is -0.481 e. The summed E-state index contributed by atoms with van der Waals surface area (Å²) in [5.74, 6) is -2.47. The number of aliphatic carboxylic acids is 1. The Labute approximate surface area is 126 Å². The number of ether oxygens (including phenoxy) is 1. The van der Waals surface area contributed by atoms with E-state index in [-0.39, 0.29) is 18.2 Å². The topological polar surface area (TPSA) is 75.6 Å². The second-order valence-corrected chi connectivity index (χ2v) is 5.86. The molecule has 5 nitrogen and oxygen atoms in total. The van der Waals surface area contributed by atoms with Crippen molar-refractivity contribution < 1.29 is 28.2 Å². The molecule has 1 aliphatic rings. The van der Waals surface area contributed by atoms with Gasteiger partial charge in [0.25, 0.3) is 0 Å². The summed E-state index contributed by atoms with van der Waals surface area (Å²) in [6.07, 6.45) is 0. The number of carbonyl (C=O) groups excluding carboxylic acids is 1. The van der Waals surface area contributed by atoms with Gasteiger partial charge in [0.15, 0.2) is 0 Å². The molecule has 0 radical (unpaired) electrons. The zero-order valence-electron chi connectivity index (χ0n) is 12.2. The number of alkyl halides is 2. The molecule has 0 aromatic heterocycles. The van der Waals surface area contributed by atoms with Gasteiger partial charge < -0.3 is 15.2 Å². The van der Waals surface area contributed by atoms with E-state index in [0.29, 0.717) is 5.56 Å². The first-order valence-electron chi connectivity index (χ1n) is 6.77. The van der Waals surface area contributed by atoms with Crippen LogP contribution in [-0.4, -0.2) is 23.6 Å². The average Bonchev–Trinajstić information content (AvgIpc) is 3.00. The molecular formula is C15H17F2NO4. The number of amides is 1. The lowest BCUT2D eigenvalue weighted by atomic mass is 10.1. The van der Waals surface area contributed by atoms with E-state index in [2.05, 4.69) is 10.1 Å². The molecule has 120 valence electrons. The fourth-order valence-corrected chi connectivity index (χ4v) is 2.68. The van der Waals surface area contributed by atoms with Gasteiger partial charge in [0.2, 0.25) is 5.91 Å². The van der Waals surface area contributed by atoms with Crippen LogP contribution in [0.3, 0.4) is 0 Å². The molecule has 2 atom stereocenters. The highest BCUT2D eigenvalue weighted by molar-refractivity contribution is 5.91. The third-order valence-corrected chi connectivity index (χ3v) is 3.99. The van der Waals surface area contributed by atoms with E-state index < -0.39 is 29.8 Å². The van der Waals surface area contributed by atoms with E-state index in [1.165, 1.54) is 12.1 Å². The smallest absolute Gasteiger partial charge is 0.387 e. The molecular weight excluding hydrogens is 296 g/mol. The van der Waals surface area contributed by atoms with Crippen LogP contribution in [0.1, 0.15) is 19.4 Å². The molecule has 1 aromatic carbocycles.